The van der Waals surface area contributed by atoms with Gasteiger partial charge in [0.15, 0.2) is 5.16 Å². The summed E-state index contributed by atoms with van der Waals surface area (Å²) >= 11 is 1.44. The molecule has 0 atom stereocenters. The van der Waals surface area contributed by atoms with Gasteiger partial charge < -0.3 is 19.4 Å². The fraction of sp³-hybridized carbons (Fsp3) is 0.333. The van der Waals surface area contributed by atoms with E-state index in [1.807, 2.05) is 47.4 Å². The Morgan fingerprint density at radius 3 is 2.54 bits per heavy atom. The number of aromatic amines is 1. The van der Waals surface area contributed by atoms with Crippen LogP contribution < -0.4 is 9.47 Å². The maximum atomic E-state index is 12.9. The average Bonchev–Trinajstić information content (AvgIpc) is 3.49. The van der Waals surface area contributed by atoms with Crippen molar-refractivity contribution in [2.75, 3.05) is 20.0 Å². The minimum absolute atomic E-state index is 0.140. The number of rotatable bonds is 8. The quantitative estimate of drug-likeness (QED) is 0.585. The molecule has 3 aromatic rings. The summed E-state index contributed by atoms with van der Waals surface area (Å²) in [6.45, 7) is 0.630. The van der Waals surface area contributed by atoms with Gasteiger partial charge in [-0.2, -0.15) is 0 Å². The molecule has 1 aromatic heterocycles. The molecule has 1 aliphatic rings. The van der Waals surface area contributed by atoms with Gasteiger partial charge in [-0.15, -0.1) is 0 Å². The first-order chi connectivity index (χ1) is 13.7. The Morgan fingerprint density at radius 2 is 1.86 bits per heavy atom. The van der Waals surface area contributed by atoms with Crippen molar-refractivity contribution in [3.63, 3.8) is 0 Å². The number of ether oxygens (including phenoxy) is 2. The Bertz CT molecular complexity index is 967. The van der Waals surface area contributed by atoms with E-state index < -0.39 is 0 Å². The number of carbonyl (C=O) groups excluding carboxylic acids is 1. The molecule has 1 amide bonds. The summed E-state index contributed by atoms with van der Waals surface area (Å²) in [5.41, 5.74) is 2.89. The Balaban J connectivity index is 1.40. The molecular weight excluding hydrogens is 374 g/mol. The van der Waals surface area contributed by atoms with Crippen LogP contribution in [0, 0.1) is 0 Å². The molecule has 7 heteroatoms. The minimum Gasteiger partial charge on any atom is -0.497 e. The highest BCUT2D eigenvalue weighted by Crippen LogP contribution is 2.30. The van der Waals surface area contributed by atoms with Gasteiger partial charge in [-0.25, -0.2) is 4.98 Å². The highest BCUT2D eigenvalue weighted by molar-refractivity contribution is 7.99. The van der Waals surface area contributed by atoms with E-state index in [1.54, 1.807) is 14.2 Å². The molecule has 2 aromatic carbocycles. The topological polar surface area (TPSA) is 67.4 Å². The van der Waals surface area contributed by atoms with E-state index in [0.29, 0.717) is 18.3 Å². The van der Waals surface area contributed by atoms with Gasteiger partial charge in [0.1, 0.15) is 11.5 Å². The van der Waals surface area contributed by atoms with Crippen molar-refractivity contribution >= 4 is 28.7 Å². The highest BCUT2D eigenvalue weighted by Gasteiger charge is 2.32. The van der Waals surface area contributed by atoms with Crippen LogP contribution in [-0.2, 0) is 11.3 Å². The van der Waals surface area contributed by atoms with Crippen LogP contribution in [0.4, 0.5) is 0 Å². The smallest absolute Gasteiger partial charge is 0.233 e. The van der Waals surface area contributed by atoms with E-state index in [1.165, 1.54) is 11.8 Å². The van der Waals surface area contributed by atoms with Crippen LogP contribution in [0.3, 0.4) is 0 Å². The van der Waals surface area contributed by atoms with Crippen molar-refractivity contribution in [3.8, 4) is 11.5 Å². The number of nitrogens with one attached hydrogen (secondary N) is 1. The third-order valence-electron chi connectivity index (χ3n) is 4.82. The molecule has 0 radical (unpaired) electrons. The first kappa shape index (κ1) is 18.7. The largest absolute Gasteiger partial charge is 0.497 e. The van der Waals surface area contributed by atoms with Crippen LogP contribution in [0.2, 0.25) is 0 Å². The second-order valence-electron chi connectivity index (χ2n) is 6.81. The number of amides is 1. The van der Waals surface area contributed by atoms with E-state index in [-0.39, 0.29) is 5.91 Å². The number of imidazole rings is 1. The van der Waals surface area contributed by atoms with Crippen molar-refractivity contribution in [1.29, 1.82) is 0 Å². The van der Waals surface area contributed by atoms with E-state index in [2.05, 4.69) is 9.97 Å². The molecule has 146 valence electrons. The van der Waals surface area contributed by atoms with E-state index >= 15 is 0 Å². The predicted octanol–water partition coefficient (Wildman–Crippen LogP) is 3.86. The van der Waals surface area contributed by atoms with E-state index in [4.69, 9.17) is 9.47 Å². The molecule has 28 heavy (non-hydrogen) atoms. The Kier molecular flexibility index (Phi) is 5.43. The molecule has 0 bridgehead atoms. The van der Waals surface area contributed by atoms with Gasteiger partial charge in [0.05, 0.1) is 31.0 Å². The lowest BCUT2D eigenvalue weighted by molar-refractivity contribution is -0.129. The highest BCUT2D eigenvalue weighted by atomic mass is 32.2. The number of fused-ring (bicyclic) bond motifs is 1. The van der Waals surface area contributed by atoms with Crippen LogP contribution in [0.1, 0.15) is 18.4 Å². The lowest BCUT2D eigenvalue weighted by Gasteiger charge is -2.22. The van der Waals surface area contributed by atoms with Crippen molar-refractivity contribution in [3.05, 3.63) is 48.0 Å². The molecule has 6 nitrogen and oxygen atoms in total. The van der Waals surface area contributed by atoms with Crippen LogP contribution >= 0.6 is 11.8 Å². The summed E-state index contributed by atoms with van der Waals surface area (Å²) in [7, 11) is 3.29. The summed E-state index contributed by atoms with van der Waals surface area (Å²) in [5, 5.41) is 0.747. The van der Waals surface area contributed by atoms with Crippen LogP contribution in [0.25, 0.3) is 11.0 Å². The van der Waals surface area contributed by atoms with Gasteiger partial charge >= 0.3 is 0 Å². The standard InChI is InChI=1S/C21H23N3O3S/c1-26-16-7-3-14(4-8-16)12-24(15-5-6-15)20(25)13-28-21-22-18-10-9-17(27-2)11-19(18)23-21/h3-4,7-11,15H,5-6,12-13H2,1-2H3,(H,22,23). The average molecular weight is 398 g/mol. The molecule has 0 unspecified atom stereocenters. The van der Waals surface area contributed by atoms with Gasteiger partial charge in [-0.1, -0.05) is 23.9 Å². The first-order valence-electron chi connectivity index (χ1n) is 9.25. The molecule has 1 fully saturated rings. The van der Waals surface area contributed by atoms with Crippen LogP contribution in [0.15, 0.2) is 47.6 Å². The number of hydrogen-bond acceptors (Lipinski definition) is 5. The number of H-pyrrole nitrogens is 1. The van der Waals surface area contributed by atoms with Crippen LogP contribution in [-0.4, -0.2) is 46.8 Å². The molecule has 0 aliphatic heterocycles. The van der Waals surface area contributed by atoms with Crippen molar-refractivity contribution < 1.29 is 14.3 Å². The molecule has 1 heterocycles. The van der Waals surface area contributed by atoms with Crippen molar-refractivity contribution in [2.45, 2.75) is 30.6 Å². The lowest BCUT2D eigenvalue weighted by atomic mass is 10.2. The maximum Gasteiger partial charge on any atom is 0.233 e. The first-order valence-corrected chi connectivity index (χ1v) is 10.2. The van der Waals surface area contributed by atoms with Gasteiger partial charge in [0.25, 0.3) is 0 Å². The molecule has 0 saturated heterocycles. The number of benzene rings is 2. The summed E-state index contributed by atoms with van der Waals surface area (Å²) in [4.78, 5) is 22.7. The van der Waals surface area contributed by atoms with Crippen LogP contribution in [0.5, 0.6) is 11.5 Å². The Hall–Kier alpha value is -2.67. The molecule has 4 rings (SSSR count). The molecular formula is C21H23N3O3S. The zero-order chi connectivity index (χ0) is 19.5. The van der Waals surface area contributed by atoms with Gasteiger partial charge in [0.2, 0.25) is 5.91 Å². The molecule has 0 spiro atoms. The summed E-state index contributed by atoms with van der Waals surface area (Å²) in [5.74, 6) is 2.11. The number of aromatic nitrogens is 2. The number of carbonyl (C=O) groups is 1. The van der Waals surface area contributed by atoms with Gasteiger partial charge in [-0.05, 0) is 42.7 Å². The lowest BCUT2D eigenvalue weighted by Crippen LogP contribution is -2.34. The second kappa shape index (κ2) is 8.14. The van der Waals surface area contributed by atoms with Gasteiger partial charge in [0, 0.05) is 18.7 Å². The summed E-state index contributed by atoms with van der Waals surface area (Å²) < 4.78 is 10.4. The Labute approximate surface area is 168 Å². The summed E-state index contributed by atoms with van der Waals surface area (Å²) in [6.07, 6.45) is 2.16. The molecule has 1 saturated carbocycles. The normalized spacial score (nSPS) is 13.5. The van der Waals surface area contributed by atoms with Crippen molar-refractivity contribution in [1.82, 2.24) is 14.9 Å². The molecule has 1 N–H and O–H groups in total. The maximum absolute atomic E-state index is 12.9. The van der Waals surface area contributed by atoms with E-state index in [9.17, 15) is 4.79 Å². The summed E-state index contributed by atoms with van der Waals surface area (Å²) in [6, 6.07) is 14.0. The second-order valence-corrected chi connectivity index (χ2v) is 7.78. The van der Waals surface area contributed by atoms with Gasteiger partial charge in [-0.3, -0.25) is 4.79 Å². The zero-order valence-corrected chi connectivity index (χ0v) is 16.8. The fourth-order valence-corrected chi connectivity index (χ4v) is 3.88. The Morgan fingerprint density at radius 1 is 1.14 bits per heavy atom. The zero-order valence-electron chi connectivity index (χ0n) is 16.0. The third-order valence-corrected chi connectivity index (χ3v) is 5.68. The third kappa shape index (κ3) is 4.25. The monoisotopic (exact) mass is 397 g/mol. The minimum atomic E-state index is 0.140. The predicted molar refractivity (Wildman–Crippen MR) is 110 cm³/mol. The molecule has 1 aliphatic carbocycles. The number of thioether (sulfide) groups is 1. The number of nitrogens with zero attached hydrogens (tertiary/aromatic N) is 2. The van der Waals surface area contributed by atoms with E-state index in [0.717, 1.165) is 46.1 Å². The number of methoxy groups -OCH3 is 2. The fourth-order valence-electron chi connectivity index (χ4n) is 3.11. The SMILES string of the molecule is COc1ccc(CN(C(=O)CSc2nc3ccc(OC)cc3[nH]2)C2CC2)cc1. The number of hydrogen-bond donors (Lipinski definition) is 1. The van der Waals surface area contributed by atoms with Crippen molar-refractivity contribution in [2.24, 2.45) is 0 Å².